The van der Waals surface area contributed by atoms with Gasteiger partial charge in [-0.15, -0.1) is 0 Å². The van der Waals surface area contributed by atoms with Gasteiger partial charge in [0.05, 0.1) is 6.61 Å². The third-order valence-electron chi connectivity index (χ3n) is 11.9. The molecule has 12 nitrogen and oxygen atoms in total. The first-order chi connectivity index (χ1) is 32.0. The number of rotatable bonds is 44. The molecule has 0 spiro atoms. The lowest BCUT2D eigenvalue weighted by Crippen LogP contribution is -2.60. The van der Waals surface area contributed by atoms with Crippen LogP contribution in [0.2, 0.25) is 0 Å². The summed E-state index contributed by atoms with van der Waals surface area (Å²) in [6, 6.07) is 0. The van der Waals surface area contributed by atoms with E-state index in [2.05, 4.69) is 62.5 Å². The molecule has 1 fully saturated rings. The molecule has 1 heterocycles. The monoisotopic (exact) mass is 955 g/mol. The highest BCUT2D eigenvalue weighted by Crippen LogP contribution is 2.24. The van der Waals surface area contributed by atoms with E-state index in [9.17, 15) is 37.9 Å². The zero-order valence-electron chi connectivity index (χ0n) is 41.3. The van der Waals surface area contributed by atoms with Crippen LogP contribution < -0.4 is 0 Å². The largest absolute Gasteiger partial charge is 0.462 e. The first-order valence-electron chi connectivity index (χ1n) is 26.2. The number of esters is 2. The van der Waals surface area contributed by atoms with Crippen LogP contribution in [0.5, 0.6) is 0 Å². The highest BCUT2D eigenvalue weighted by Gasteiger charge is 2.46. The Balaban J connectivity index is 2.36. The Morgan fingerprint density at radius 1 is 0.515 bits per heavy atom. The first kappa shape index (κ1) is 61.6. The smallest absolute Gasteiger partial charge is 0.306 e. The van der Waals surface area contributed by atoms with Crippen LogP contribution in [0.25, 0.3) is 0 Å². The van der Waals surface area contributed by atoms with E-state index in [0.29, 0.717) is 12.8 Å². The molecule has 1 rings (SSSR count). The van der Waals surface area contributed by atoms with Gasteiger partial charge in [0.15, 0.2) is 12.4 Å². The molecule has 0 amide bonds. The molecule has 1 saturated heterocycles. The predicted molar refractivity (Wildman–Crippen MR) is 266 cm³/mol. The van der Waals surface area contributed by atoms with Crippen molar-refractivity contribution in [2.24, 2.45) is 0 Å². The summed E-state index contributed by atoms with van der Waals surface area (Å²) < 4.78 is 54.2. The SMILES string of the molecule is CCCCC/C=C\C/C=C\CCCCCCCC(=O)OCC(COC1OC(CS(=O)(=O)O)C(O)C(O)C1O)OC(=O)CCCCCCCCCCCCC/C=C\C/C=C\CCCCCCC. The molecule has 13 heteroatoms. The molecule has 1 aliphatic heterocycles. The molecular formula is C53H94O12S. The van der Waals surface area contributed by atoms with Crippen LogP contribution >= 0.6 is 0 Å². The van der Waals surface area contributed by atoms with Gasteiger partial charge in [-0.1, -0.05) is 178 Å². The topological polar surface area (TPSA) is 186 Å². The molecule has 0 aromatic rings. The minimum absolute atomic E-state index is 0.158. The van der Waals surface area contributed by atoms with Gasteiger partial charge in [-0.05, 0) is 77.0 Å². The lowest BCUT2D eigenvalue weighted by molar-refractivity contribution is -0.297. The number of allylic oxidation sites excluding steroid dienone is 8. The summed E-state index contributed by atoms with van der Waals surface area (Å²) in [5.41, 5.74) is 0. The number of aliphatic hydroxyl groups is 3. The third-order valence-corrected chi connectivity index (χ3v) is 12.6. The number of carbonyl (C=O) groups is 2. The van der Waals surface area contributed by atoms with E-state index in [0.717, 1.165) is 77.0 Å². The van der Waals surface area contributed by atoms with Crippen LogP contribution in [0.3, 0.4) is 0 Å². The van der Waals surface area contributed by atoms with E-state index < -0.39 is 71.2 Å². The van der Waals surface area contributed by atoms with Gasteiger partial charge in [0, 0.05) is 12.8 Å². The van der Waals surface area contributed by atoms with Gasteiger partial charge < -0.3 is 34.3 Å². The minimum atomic E-state index is -4.61. The summed E-state index contributed by atoms with van der Waals surface area (Å²) in [5.74, 6) is -2.00. The molecule has 66 heavy (non-hydrogen) atoms. The van der Waals surface area contributed by atoms with Crippen molar-refractivity contribution in [2.75, 3.05) is 19.0 Å². The van der Waals surface area contributed by atoms with E-state index in [4.69, 9.17) is 18.9 Å². The molecule has 384 valence electrons. The molecule has 0 aromatic heterocycles. The first-order valence-corrected chi connectivity index (χ1v) is 27.8. The van der Waals surface area contributed by atoms with Crippen molar-refractivity contribution in [1.82, 2.24) is 0 Å². The van der Waals surface area contributed by atoms with Gasteiger partial charge in [0.25, 0.3) is 10.1 Å². The Kier molecular flexibility index (Phi) is 39.9. The fourth-order valence-corrected chi connectivity index (χ4v) is 8.49. The lowest BCUT2D eigenvalue weighted by Gasteiger charge is -2.40. The number of carbonyl (C=O) groups excluding carboxylic acids is 2. The Labute approximate surface area is 401 Å². The fourth-order valence-electron chi connectivity index (χ4n) is 7.80. The average molecular weight is 955 g/mol. The normalized spacial score (nSPS) is 19.8. The van der Waals surface area contributed by atoms with Crippen molar-refractivity contribution in [3.63, 3.8) is 0 Å². The van der Waals surface area contributed by atoms with E-state index in [1.165, 1.54) is 103 Å². The fraction of sp³-hybridized carbons (Fsp3) is 0.811. The standard InChI is InChI=1S/C53H94O12S/c1-3-5-7-9-11-13-15-17-19-20-21-22-23-24-25-26-28-30-32-34-36-38-40-42-49(55)64-46(44-63-53-52(58)51(57)50(56)47(65-53)45-66(59,60)61)43-62-48(54)41-39-37-35-33-31-29-27-18-16-14-12-10-8-6-4-2/h12,14-15,17-18,20-21,27,46-47,50-53,56-58H,3-11,13,16,19,22-26,28-45H2,1-2H3,(H,59,60,61)/b14-12-,17-15-,21-20-,27-18-. The zero-order valence-corrected chi connectivity index (χ0v) is 42.1. The van der Waals surface area contributed by atoms with Gasteiger partial charge in [0.2, 0.25) is 0 Å². The van der Waals surface area contributed by atoms with Crippen LogP contribution in [0, 0.1) is 0 Å². The average Bonchev–Trinajstić information content (AvgIpc) is 3.28. The summed E-state index contributed by atoms with van der Waals surface area (Å²) >= 11 is 0. The van der Waals surface area contributed by atoms with Gasteiger partial charge in [-0.2, -0.15) is 8.42 Å². The van der Waals surface area contributed by atoms with Crippen molar-refractivity contribution in [2.45, 2.75) is 256 Å². The number of hydrogen-bond acceptors (Lipinski definition) is 11. The summed E-state index contributed by atoms with van der Waals surface area (Å²) in [7, 11) is -4.61. The molecule has 6 atom stereocenters. The Morgan fingerprint density at radius 2 is 0.909 bits per heavy atom. The van der Waals surface area contributed by atoms with Crippen molar-refractivity contribution >= 4 is 22.1 Å². The van der Waals surface area contributed by atoms with Crippen molar-refractivity contribution in [1.29, 1.82) is 0 Å². The van der Waals surface area contributed by atoms with Crippen LogP contribution in [-0.2, 0) is 38.7 Å². The van der Waals surface area contributed by atoms with Crippen LogP contribution in [-0.4, -0.2) is 96.0 Å². The predicted octanol–water partition coefficient (Wildman–Crippen LogP) is 11.9. The Bertz CT molecular complexity index is 1400. The maximum Gasteiger partial charge on any atom is 0.306 e. The van der Waals surface area contributed by atoms with Crippen LogP contribution in [0.15, 0.2) is 48.6 Å². The zero-order chi connectivity index (χ0) is 48.4. The summed E-state index contributed by atoms with van der Waals surface area (Å²) in [4.78, 5) is 25.5. The molecular weight excluding hydrogens is 861 g/mol. The minimum Gasteiger partial charge on any atom is -0.462 e. The van der Waals surface area contributed by atoms with Crippen molar-refractivity contribution in [3.05, 3.63) is 48.6 Å². The van der Waals surface area contributed by atoms with Gasteiger partial charge >= 0.3 is 11.9 Å². The molecule has 0 bridgehead atoms. The van der Waals surface area contributed by atoms with Gasteiger partial charge in [0.1, 0.15) is 36.8 Å². The van der Waals surface area contributed by atoms with E-state index >= 15 is 0 Å². The molecule has 0 aromatic carbocycles. The number of aliphatic hydroxyl groups excluding tert-OH is 3. The highest BCUT2D eigenvalue weighted by molar-refractivity contribution is 7.85. The second-order valence-electron chi connectivity index (χ2n) is 18.2. The quantitative estimate of drug-likeness (QED) is 0.0196. The maximum atomic E-state index is 12.9. The van der Waals surface area contributed by atoms with Crippen LogP contribution in [0.1, 0.15) is 219 Å². The second kappa shape index (κ2) is 42.7. The highest BCUT2D eigenvalue weighted by atomic mass is 32.2. The van der Waals surface area contributed by atoms with E-state index in [1.54, 1.807) is 0 Å². The molecule has 0 radical (unpaired) electrons. The van der Waals surface area contributed by atoms with Crippen molar-refractivity contribution < 1.29 is 56.8 Å². The Morgan fingerprint density at radius 3 is 1.36 bits per heavy atom. The van der Waals surface area contributed by atoms with E-state index in [1.807, 2.05) is 0 Å². The van der Waals surface area contributed by atoms with E-state index in [-0.39, 0.29) is 19.4 Å². The number of unbranched alkanes of at least 4 members (excludes halogenated alkanes) is 24. The lowest BCUT2D eigenvalue weighted by atomic mass is 10.00. The molecule has 6 unspecified atom stereocenters. The summed E-state index contributed by atoms with van der Waals surface area (Å²) in [6.45, 7) is 3.73. The van der Waals surface area contributed by atoms with Gasteiger partial charge in [-0.3, -0.25) is 14.1 Å². The van der Waals surface area contributed by atoms with Crippen molar-refractivity contribution in [3.8, 4) is 0 Å². The number of hydrogen-bond donors (Lipinski definition) is 4. The number of ether oxygens (including phenoxy) is 4. The van der Waals surface area contributed by atoms with Gasteiger partial charge in [-0.25, -0.2) is 0 Å². The molecule has 0 saturated carbocycles. The molecule has 4 N–H and O–H groups in total. The summed E-state index contributed by atoms with van der Waals surface area (Å²) in [6.07, 6.45) is 42.9. The molecule has 1 aliphatic rings. The second-order valence-corrected chi connectivity index (χ2v) is 19.7. The maximum absolute atomic E-state index is 12.9. The van der Waals surface area contributed by atoms with Crippen LogP contribution in [0.4, 0.5) is 0 Å². The molecule has 0 aliphatic carbocycles. The third kappa shape index (κ3) is 36.6. The summed E-state index contributed by atoms with van der Waals surface area (Å²) in [5, 5.41) is 31.0. The Hall–Kier alpha value is -2.39.